The maximum atomic E-state index is 11.0. The summed E-state index contributed by atoms with van der Waals surface area (Å²) in [7, 11) is 0. The highest BCUT2D eigenvalue weighted by molar-refractivity contribution is 7.80. The van der Waals surface area contributed by atoms with Gasteiger partial charge in [-0.25, -0.2) is 4.79 Å². The van der Waals surface area contributed by atoms with E-state index in [1.54, 1.807) is 13.1 Å². The van der Waals surface area contributed by atoms with Crippen molar-refractivity contribution in [2.45, 2.75) is 34.1 Å². The second kappa shape index (κ2) is 6.01. The Labute approximate surface area is 118 Å². The molecule has 1 rings (SSSR count). The van der Waals surface area contributed by atoms with Gasteiger partial charge < -0.3 is 10.4 Å². The van der Waals surface area contributed by atoms with E-state index in [1.807, 2.05) is 0 Å². The smallest absolute Gasteiger partial charge is 0.413 e. The third kappa shape index (κ3) is 4.51. The second-order valence-electron chi connectivity index (χ2n) is 5.46. The number of hydrogen-bond acceptors (Lipinski definition) is 3. The molecule has 1 heterocycles. The maximum absolute atomic E-state index is 11.0. The van der Waals surface area contributed by atoms with Crippen LogP contribution in [0.2, 0.25) is 0 Å². The largest absolute Gasteiger partial charge is 0.465 e. The molecule has 0 radical (unpaired) electrons. The Bertz CT molecular complexity index is 465. The highest BCUT2D eigenvalue weighted by atomic mass is 32.1. The van der Waals surface area contributed by atoms with Crippen LogP contribution in [0.5, 0.6) is 0 Å². The average Bonchev–Trinajstić information content (AvgIpc) is 2.63. The molecular formula is C12H20N4O2S. The molecule has 0 atom stereocenters. The van der Waals surface area contributed by atoms with Crippen LogP contribution >= 0.6 is 12.2 Å². The first-order valence-corrected chi connectivity index (χ1v) is 6.49. The molecule has 1 aromatic heterocycles. The molecule has 3 N–H and O–H groups in total. The summed E-state index contributed by atoms with van der Waals surface area (Å²) in [6, 6.07) is 0. The van der Waals surface area contributed by atoms with Gasteiger partial charge in [0.15, 0.2) is 5.11 Å². The minimum absolute atomic E-state index is 0.110. The minimum atomic E-state index is -1.07. The van der Waals surface area contributed by atoms with Crippen molar-refractivity contribution in [1.29, 1.82) is 0 Å². The van der Waals surface area contributed by atoms with Crippen LogP contribution in [0, 0.1) is 5.41 Å². The van der Waals surface area contributed by atoms with Crippen molar-refractivity contribution < 1.29 is 9.90 Å². The number of nitrogens with zero attached hydrogens (tertiary/aromatic N) is 2. The molecule has 0 aliphatic rings. The number of aromatic nitrogens is 2. The Morgan fingerprint density at radius 1 is 1.58 bits per heavy atom. The Kier molecular flexibility index (Phi) is 4.88. The highest BCUT2D eigenvalue weighted by Gasteiger charge is 2.19. The number of H-pyrrole nitrogens is 1. The summed E-state index contributed by atoms with van der Waals surface area (Å²) in [6.07, 6.45) is 1.47. The molecular weight excluding hydrogens is 264 g/mol. The van der Waals surface area contributed by atoms with E-state index in [0.29, 0.717) is 12.4 Å². The maximum Gasteiger partial charge on any atom is 0.413 e. The molecule has 7 heteroatoms. The van der Waals surface area contributed by atoms with Gasteiger partial charge in [0.1, 0.15) is 5.82 Å². The number of thiocarbonyl (C=S) groups is 1. The van der Waals surface area contributed by atoms with Crippen LogP contribution in [0.25, 0.3) is 0 Å². The number of amides is 1. The fraction of sp³-hybridized carbons (Fsp3) is 0.583. The van der Waals surface area contributed by atoms with Crippen LogP contribution in [-0.4, -0.2) is 38.0 Å². The van der Waals surface area contributed by atoms with E-state index in [0.717, 1.165) is 16.9 Å². The molecule has 1 amide bonds. The average molecular weight is 284 g/mol. The van der Waals surface area contributed by atoms with Gasteiger partial charge in [-0.3, -0.25) is 10.00 Å². The third-order valence-corrected chi connectivity index (χ3v) is 2.79. The normalized spacial score (nSPS) is 11.2. The van der Waals surface area contributed by atoms with Gasteiger partial charge in [-0.15, -0.1) is 0 Å². The first-order chi connectivity index (χ1) is 8.74. The van der Waals surface area contributed by atoms with Crippen LogP contribution < -0.4 is 5.32 Å². The van der Waals surface area contributed by atoms with Gasteiger partial charge in [-0.1, -0.05) is 20.8 Å². The van der Waals surface area contributed by atoms with Crippen molar-refractivity contribution in [2.75, 3.05) is 11.9 Å². The first kappa shape index (κ1) is 15.4. The fourth-order valence-corrected chi connectivity index (χ4v) is 1.97. The molecule has 0 aliphatic heterocycles. The SMILES string of the molecule is CCN(C(=O)O)C(=S)Nc1[nH]ncc1CC(C)(C)C. The van der Waals surface area contributed by atoms with Crippen molar-refractivity contribution in [2.24, 2.45) is 5.41 Å². The summed E-state index contributed by atoms with van der Waals surface area (Å²) in [5, 5.41) is 18.8. The molecule has 0 saturated heterocycles. The lowest BCUT2D eigenvalue weighted by atomic mass is 9.89. The van der Waals surface area contributed by atoms with E-state index in [9.17, 15) is 4.79 Å². The molecule has 0 fully saturated rings. The van der Waals surface area contributed by atoms with Gasteiger partial charge in [-0.05, 0) is 31.0 Å². The van der Waals surface area contributed by atoms with Gasteiger partial charge >= 0.3 is 6.09 Å². The lowest BCUT2D eigenvalue weighted by molar-refractivity contribution is 0.171. The van der Waals surface area contributed by atoms with Crippen LogP contribution in [-0.2, 0) is 6.42 Å². The molecule has 0 aromatic carbocycles. The standard InChI is InChI=1S/C12H20N4O2S/c1-5-16(11(17)18)10(19)14-9-8(7-13-15-9)6-12(2,3)4/h7H,5-6H2,1-4H3,(H,17,18)(H2,13,14,15,19). The van der Waals surface area contributed by atoms with Crippen molar-refractivity contribution >= 4 is 29.2 Å². The number of carboxylic acid groups (broad SMARTS) is 1. The topological polar surface area (TPSA) is 81.3 Å². The summed E-state index contributed by atoms with van der Waals surface area (Å²) in [5.41, 5.74) is 1.09. The van der Waals surface area contributed by atoms with E-state index in [-0.39, 0.29) is 10.5 Å². The summed E-state index contributed by atoms with van der Waals surface area (Å²) in [4.78, 5) is 12.1. The van der Waals surface area contributed by atoms with Crippen LogP contribution in [0.1, 0.15) is 33.3 Å². The van der Waals surface area contributed by atoms with Gasteiger partial charge in [-0.2, -0.15) is 5.10 Å². The Morgan fingerprint density at radius 2 is 2.21 bits per heavy atom. The minimum Gasteiger partial charge on any atom is -0.465 e. The first-order valence-electron chi connectivity index (χ1n) is 6.08. The summed E-state index contributed by atoms with van der Waals surface area (Å²) in [6.45, 7) is 8.39. The summed E-state index contributed by atoms with van der Waals surface area (Å²) < 4.78 is 0. The zero-order chi connectivity index (χ0) is 14.6. The molecule has 0 saturated carbocycles. The monoisotopic (exact) mass is 284 g/mol. The van der Waals surface area contributed by atoms with Gasteiger partial charge in [0, 0.05) is 12.1 Å². The quantitative estimate of drug-likeness (QED) is 0.743. The third-order valence-electron chi connectivity index (χ3n) is 2.46. The molecule has 19 heavy (non-hydrogen) atoms. The number of anilines is 1. The van der Waals surface area contributed by atoms with E-state index in [2.05, 4.69) is 36.3 Å². The Balaban J connectivity index is 2.80. The van der Waals surface area contributed by atoms with Crippen molar-refractivity contribution in [3.05, 3.63) is 11.8 Å². The predicted octanol–water partition coefficient (Wildman–Crippen LogP) is 2.70. The van der Waals surface area contributed by atoms with Crippen molar-refractivity contribution in [3.63, 3.8) is 0 Å². The van der Waals surface area contributed by atoms with Crippen LogP contribution in [0.3, 0.4) is 0 Å². The zero-order valence-electron chi connectivity index (χ0n) is 11.6. The molecule has 106 valence electrons. The van der Waals surface area contributed by atoms with E-state index < -0.39 is 6.09 Å². The second-order valence-corrected chi connectivity index (χ2v) is 5.85. The van der Waals surface area contributed by atoms with E-state index in [1.165, 1.54) is 0 Å². The van der Waals surface area contributed by atoms with Crippen LogP contribution in [0.4, 0.5) is 10.6 Å². The highest BCUT2D eigenvalue weighted by Crippen LogP contribution is 2.24. The Morgan fingerprint density at radius 3 is 2.68 bits per heavy atom. The molecule has 0 spiro atoms. The molecule has 6 nitrogen and oxygen atoms in total. The molecule has 0 unspecified atom stereocenters. The number of nitrogens with one attached hydrogen (secondary N) is 2. The molecule has 0 aliphatic carbocycles. The van der Waals surface area contributed by atoms with Crippen LogP contribution in [0.15, 0.2) is 6.20 Å². The zero-order valence-corrected chi connectivity index (χ0v) is 12.5. The van der Waals surface area contributed by atoms with E-state index >= 15 is 0 Å². The number of aromatic amines is 1. The number of hydrogen-bond donors (Lipinski definition) is 3. The molecule has 0 bridgehead atoms. The van der Waals surface area contributed by atoms with Crippen molar-refractivity contribution in [3.8, 4) is 0 Å². The number of rotatable bonds is 3. The fourth-order valence-electron chi connectivity index (χ4n) is 1.66. The summed E-state index contributed by atoms with van der Waals surface area (Å²) in [5.74, 6) is 0.652. The molecule has 1 aromatic rings. The Hall–Kier alpha value is -1.63. The predicted molar refractivity (Wildman–Crippen MR) is 78.4 cm³/mol. The lowest BCUT2D eigenvalue weighted by Crippen LogP contribution is -2.38. The number of carbonyl (C=O) groups is 1. The van der Waals surface area contributed by atoms with E-state index in [4.69, 9.17) is 17.3 Å². The van der Waals surface area contributed by atoms with Gasteiger partial charge in [0.2, 0.25) is 0 Å². The van der Waals surface area contributed by atoms with Gasteiger partial charge in [0.05, 0.1) is 6.20 Å². The van der Waals surface area contributed by atoms with Crippen molar-refractivity contribution in [1.82, 2.24) is 15.1 Å². The lowest BCUT2D eigenvalue weighted by Gasteiger charge is -2.21. The van der Waals surface area contributed by atoms with Gasteiger partial charge in [0.25, 0.3) is 0 Å². The summed E-state index contributed by atoms with van der Waals surface area (Å²) >= 11 is 5.09.